The van der Waals surface area contributed by atoms with Crippen molar-refractivity contribution < 1.29 is 14.6 Å². The highest BCUT2D eigenvalue weighted by molar-refractivity contribution is 7.98. The third kappa shape index (κ3) is 5.52. The van der Waals surface area contributed by atoms with Crippen molar-refractivity contribution in [2.75, 3.05) is 18.9 Å². The van der Waals surface area contributed by atoms with Crippen LogP contribution in [0, 0.1) is 17.7 Å². The number of hydrogen-bond donors (Lipinski definition) is 3. The first-order valence-corrected chi connectivity index (χ1v) is 6.66. The molecule has 1 rings (SSSR count). The topological polar surface area (TPSA) is 66.5 Å². The molecule has 0 spiro atoms. The highest BCUT2D eigenvalue weighted by atomic mass is 32.2. The van der Waals surface area contributed by atoms with Crippen molar-refractivity contribution >= 4 is 11.8 Å². The Labute approximate surface area is 110 Å². The molecule has 0 aliphatic rings. The van der Waals surface area contributed by atoms with Gasteiger partial charge in [-0.3, -0.25) is 0 Å². The molecule has 3 nitrogen and oxygen atoms in total. The Kier molecular flexibility index (Phi) is 6.76. The second-order valence-electron chi connectivity index (χ2n) is 3.71. The maximum Gasteiger partial charge on any atom is 0.124 e. The Bertz CT molecular complexity index is 442. The summed E-state index contributed by atoms with van der Waals surface area (Å²) in [6.07, 6.45) is -0.736. The van der Waals surface area contributed by atoms with Crippen molar-refractivity contribution in [3.8, 4) is 11.8 Å². The molecule has 0 heterocycles. The maximum atomic E-state index is 13.3. The number of thioether (sulfide) groups is 1. The van der Waals surface area contributed by atoms with Crippen molar-refractivity contribution in [2.24, 2.45) is 5.73 Å². The fourth-order valence-electron chi connectivity index (χ4n) is 1.32. The second-order valence-corrected chi connectivity index (χ2v) is 4.74. The van der Waals surface area contributed by atoms with Gasteiger partial charge >= 0.3 is 0 Å². The molecule has 1 aromatic rings. The van der Waals surface area contributed by atoms with E-state index in [9.17, 15) is 9.50 Å². The fraction of sp³-hybridized carbons (Fsp3) is 0.385. The fourth-order valence-corrected chi connectivity index (χ4v) is 2.22. The largest absolute Gasteiger partial charge is 0.394 e. The lowest BCUT2D eigenvalue weighted by atomic mass is 10.1. The van der Waals surface area contributed by atoms with Crippen LogP contribution in [0.4, 0.5) is 4.39 Å². The van der Waals surface area contributed by atoms with E-state index in [2.05, 4.69) is 11.8 Å². The lowest BCUT2D eigenvalue weighted by Crippen LogP contribution is -2.14. The Hall–Kier alpha value is -1.06. The molecule has 0 fully saturated rings. The van der Waals surface area contributed by atoms with Gasteiger partial charge in [0.2, 0.25) is 0 Å². The van der Waals surface area contributed by atoms with Gasteiger partial charge in [-0.05, 0) is 23.8 Å². The van der Waals surface area contributed by atoms with Gasteiger partial charge in [0.05, 0.1) is 19.3 Å². The van der Waals surface area contributed by atoms with Crippen LogP contribution in [-0.2, 0) is 5.75 Å². The van der Waals surface area contributed by atoms with E-state index in [-0.39, 0.29) is 19.0 Å². The highest BCUT2D eigenvalue weighted by Gasteiger charge is 2.04. The molecule has 18 heavy (non-hydrogen) atoms. The molecule has 0 aromatic heterocycles. The van der Waals surface area contributed by atoms with Crippen molar-refractivity contribution in [2.45, 2.75) is 11.9 Å². The van der Waals surface area contributed by atoms with Crippen LogP contribution in [0.25, 0.3) is 0 Å². The molecule has 1 aromatic carbocycles. The summed E-state index contributed by atoms with van der Waals surface area (Å²) in [6, 6.07) is 4.59. The number of aliphatic hydroxyl groups excluding tert-OH is 2. The molecule has 0 radical (unpaired) electrons. The molecule has 0 aliphatic carbocycles. The summed E-state index contributed by atoms with van der Waals surface area (Å²) in [5, 5.41) is 17.8. The summed E-state index contributed by atoms with van der Waals surface area (Å²) < 4.78 is 13.3. The minimum Gasteiger partial charge on any atom is -0.394 e. The van der Waals surface area contributed by atoms with E-state index in [1.54, 1.807) is 6.07 Å². The van der Waals surface area contributed by atoms with Gasteiger partial charge in [0.25, 0.3) is 0 Å². The van der Waals surface area contributed by atoms with E-state index < -0.39 is 6.10 Å². The average molecular weight is 269 g/mol. The number of nitrogens with two attached hydrogens (primary N) is 1. The molecule has 5 heteroatoms. The minimum absolute atomic E-state index is 0.239. The van der Waals surface area contributed by atoms with Crippen LogP contribution in [0.3, 0.4) is 0 Å². The van der Waals surface area contributed by atoms with Crippen LogP contribution in [0.2, 0.25) is 0 Å². The number of rotatable bonds is 5. The average Bonchev–Trinajstić information content (AvgIpc) is 2.35. The zero-order chi connectivity index (χ0) is 13.4. The number of aliphatic hydroxyl groups is 2. The number of halogens is 1. The van der Waals surface area contributed by atoms with Crippen LogP contribution in [0.5, 0.6) is 0 Å². The first-order valence-electron chi connectivity index (χ1n) is 5.50. The first kappa shape index (κ1) is 15.0. The third-order valence-electron chi connectivity index (χ3n) is 2.08. The van der Waals surface area contributed by atoms with Crippen LogP contribution >= 0.6 is 11.8 Å². The summed E-state index contributed by atoms with van der Waals surface area (Å²) >= 11 is 1.43. The van der Waals surface area contributed by atoms with Crippen molar-refractivity contribution in [3.63, 3.8) is 0 Å². The quantitative estimate of drug-likeness (QED) is 0.689. The van der Waals surface area contributed by atoms with Gasteiger partial charge in [-0.1, -0.05) is 11.8 Å². The normalized spacial score (nSPS) is 11.8. The molecule has 0 bridgehead atoms. The van der Waals surface area contributed by atoms with Crippen LogP contribution in [-0.4, -0.2) is 35.2 Å². The Morgan fingerprint density at radius 2 is 2.17 bits per heavy atom. The zero-order valence-electron chi connectivity index (χ0n) is 9.90. The molecule has 0 saturated carbocycles. The SMILES string of the molecule is NCC#Cc1cc(F)cc(CSCC(O)CO)c1. The second kappa shape index (κ2) is 8.11. The Morgan fingerprint density at radius 1 is 1.39 bits per heavy atom. The van der Waals surface area contributed by atoms with Crippen LogP contribution in [0.1, 0.15) is 11.1 Å². The van der Waals surface area contributed by atoms with E-state index in [1.807, 2.05) is 0 Å². The Balaban J connectivity index is 2.62. The summed E-state index contributed by atoms with van der Waals surface area (Å²) in [5.41, 5.74) is 6.65. The predicted molar refractivity (Wildman–Crippen MR) is 71.6 cm³/mol. The van der Waals surface area contributed by atoms with Crippen molar-refractivity contribution in [1.29, 1.82) is 0 Å². The number of hydrogen-bond acceptors (Lipinski definition) is 4. The van der Waals surface area contributed by atoms with Gasteiger partial charge in [-0.2, -0.15) is 11.8 Å². The van der Waals surface area contributed by atoms with Gasteiger partial charge in [-0.15, -0.1) is 0 Å². The van der Waals surface area contributed by atoms with Gasteiger partial charge in [0, 0.05) is 17.1 Å². The molecule has 4 N–H and O–H groups in total. The molecule has 0 saturated heterocycles. The van der Waals surface area contributed by atoms with Crippen LogP contribution < -0.4 is 5.73 Å². The molecule has 1 unspecified atom stereocenters. The van der Waals surface area contributed by atoms with E-state index in [4.69, 9.17) is 10.8 Å². The first-order chi connectivity index (χ1) is 8.65. The van der Waals surface area contributed by atoms with Gasteiger partial charge in [0.15, 0.2) is 0 Å². The van der Waals surface area contributed by atoms with E-state index in [1.165, 1.54) is 23.9 Å². The predicted octanol–water partition coefficient (Wildman–Crippen LogP) is 0.722. The summed E-state index contributed by atoms with van der Waals surface area (Å²) in [4.78, 5) is 0. The molecule has 98 valence electrons. The standard InChI is InChI=1S/C13H16FNO2S/c14-12-5-10(2-1-3-15)4-11(6-12)8-18-9-13(17)7-16/h4-6,13,16-17H,3,7-9,15H2. The van der Waals surface area contributed by atoms with E-state index >= 15 is 0 Å². The Morgan fingerprint density at radius 3 is 2.83 bits per heavy atom. The lowest BCUT2D eigenvalue weighted by Gasteiger charge is -2.07. The molecule has 0 aliphatic heterocycles. The van der Waals surface area contributed by atoms with E-state index in [0.29, 0.717) is 17.1 Å². The molecule has 0 amide bonds. The third-order valence-corrected chi connectivity index (χ3v) is 3.24. The maximum absolute atomic E-state index is 13.3. The monoisotopic (exact) mass is 269 g/mol. The number of benzene rings is 1. The molecule has 1 atom stereocenters. The van der Waals surface area contributed by atoms with Crippen molar-refractivity contribution in [1.82, 2.24) is 0 Å². The summed E-state index contributed by atoms with van der Waals surface area (Å²) in [7, 11) is 0. The minimum atomic E-state index is -0.736. The van der Waals surface area contributed by atoms with Gasteiger partial charge in [0.1, 0.15) is 5.82 Å². The molecular weight excluding hydrogens is 253 g/mol. The summed E-state index contributed by atoms with van der Waals surface area (Å²) in [5.74, 6) is 6.10. The van der Waals surface area contributed by atoms with E-state index in [0.717, 1.165) is 5.56 Å². The zero-order valence-corrected chi connectivity index (χ0v) is 10.7. The van der Waals surface area contributed by atoms with Crippen LogP contribution in [0.15, 0.2) is 18.2 Å². The lowest BCUT2D eigenvalue weighted by molar-refractivity contribution is 0.113. The summed E-state index contributed by atoms with van der Waals surface area (Å²) in [6.45, 7) is -0.0212. The van der Waals surface area contributed by atoms with Crippen molar-refractivity contribution in [3.05, 3.63) is 35.1 Å². The van der Waals surface area contributed by atoms with Gasteiger partial charge < -0.3 is 15.9 Å². The highest BCUT2D eigenvalue weighted by Crippen LogP contribution is 2.16. The molecular formula is C13H16FNO2S. The smallest absolute Gasteiger partial charge is 0.124 e. The van der Waals surface area contributed by atoms with Gasteiger partial charge in [-0.25, -0.2) is 4.39 Å².